The number of likely N-dealkylation sites (tertiary alicyclic amines) is 1. The maximum atomic E-state index is 5.71. The second-order valence-corrected chi connectivity index (χ2v) is 3.92. The Morgan fingerprint density at radius 2 is 2.50 bits per heavy atom. The van der Waals surface area contributed by atoms with Crippen molar-refractivity contribution in [3.05, 3.63) is 11.1 Å². The lowest BCUT2D eigenvalue weighted by atomic mass is 10.3. The number of nitrogens with zero attached hydrogens (tertiary/aromatic N) is 1. The second-order valence-electron chi connectivity index (χ2n) is 2.80. The summed E-state index contributed by atoms with van der Waals surface area (Å²) in [7, 11) is 0. The van der Waals surface area contributed by atoms with E-state index in [0.29, 0.717) is 6.04 Å². The van der Waals surface area contributed by atoms with Gasteiger partial charge in [-0.05, 0) is 6.42 Å². The first-order valence-corrected chi connectivity index (χ1v) is 4.29. The highest BCUT2D eigenvalue weighted by molar-refractivity contribution is 9.11. The second kappa shape index (κ2) is 3.51. The average molecular weight is 205 g/mol. The molecule has 0 aromatic rings. The third-order valence-electron chi connectivity index (χ3n) is 1.70. The smallest absolute Gasteiger partial charge is 0.0294 e. The molecule has 0 unspecified atom stereocenters. The number of nitrogens with two attached hydrogens (primary N) is 1. The van der Waals surface area contributed by atoms with Crippen LogP contribution in [0.15, 0.2) is 11.1 Å². The summed E-state index contributed by atoms with van der Waals surface area (Å²) in [6.07, 6.45) is 1.13. The van der Waals surface area contributed by atoms with Crippen molar-refractivity contribution in [2.75, 3.05) is 19.6 Å². The maximum Gasteiger partial charge on any atom is 0.0294 e. The van der Waals surface area contributed by atoms with Crippen LogP contribution in [-0.4, -0.2) is 30.6 Å². The number of hydrogen-bond acceptors (Lipinski definition) is 2. The molecule has 1 aliphatic rings. The summed E-state index contributed by atoms with van der Waals surface area (Å²) in [5.41, 5.74) is 5.71. The molecule has 10 heavy (non-hydrogen) atoms. The summed E-state index contributed by atoms with van der Waals surface area (Å²) in [6, 6.07) is 0.381. The molecule has 0 aromatic heterocycles. The molecule has 1 rings (SSSR count). The van der Waals surface area contributed by atoms with Gasteiger partial charge in [0.1, 0.15) is 0 Å². The normalized spacial score (nSPS) is 27.2. The Bertz CT molecular complexity index is 136. The molecule has 2 N–H and O–H groups in total. The highest BCUT2D eigenvalue weighted by Gasteiger charge is 2.18. The van der Waals surface area contributed by atoms with Gasteiger partial charge in [-0.25, -0.2) is 0 Å². The van der Waals surface area contributed by atoms with E-state index in [-0.39, 0.29) is 0 Å². The minimum absolute atomic E-state index is 0.381. The van der Waals surface area contributed by atoms with Crippen molar-refractivity contribution in [3.63, 3.8) is 0 Å². The number of halogens is 1. The van der Waals surface area contributed by atoms with Crippen LogP contribution in [0.1, 0.15) is 6.42 Å². The van der Waals surface area contributed by atoms with Gasteiger partial charge in [-0.1, -0.05) is 22.5 Å². The van der Waals surface area contributed by atoms with E-state index in [9.17, 15) is 0 Å². The van der Waals surface area contributed by atoms with Crippen molar-refractivity contribution < 1.29 is 0 Å². The Kier molecular flexibility index (Phi) is 2.89. The Labute approximate surface area is 70.2 Å². The zero-order valence-corrected chi connectivity index (χ0v) is 7.60. The fourth-order valence-electron chi connectivity index (χ4n) is 1.25. The van der Waals surface area contributed by atoms with Crippen molar-refractivity contribution in [2.24, 2.45) is 5.73 Å². The summed E-state index contributed by atoms with van der Waals surface area (Å²) in [4.78, 5) is 2.31. The fraction of sp³-hybridized carbons (Fsp3) is 0.714. The average Bonchev–Trinajstić information content (AvgIpc) is 2.13. The van der Waals surface area contributed by atoms with Gasteiger partial charge in [0, 0.05) is 30.2 Å². The quantitative estimate of drug-likeness (QED) is 0.726. The van der Waals surface area contributed by atoms with Gasteiger partial charge in [0.15, 0.2) is 0 Å². The highest BCUT2D eigenvalue weighted by Crippen LogP contribution is 2.11. The largest absolute Gasteiger partial charge is 0.326 e. The van der Waals surface area contributed by atoms with Crippen molar-refractivity contribution >= 4 is 15.9 Å². The molecular formula is C7H13BrN2. The lowest BCUT2D eigenvalue weighted by Gasteiger charge is -2.13. The molecule has 1 aliphatic heterocycles. The minimum atomic E-state index is 0.381. The van der Waals surface area contributed by atoms with Crippen LogP contribution in [0.25, 0.3) is 0 Å². The number of rotatable bonds is 2. The zero-order valence-electron chi connectivity index (χ0n) is 6.02. The summed E-state index contributed by atoms with van der Waals surface area (Å²) >= 11 is 3.33. The van der Waals surface area contributed by atoms with Crippen LogP contribution in [-0.2, 0) is 0 Å². The van der Waals surface area contributed by atoms with Crippen LogP contribution in [0.3, 0.4) is 0 Å². The molecule has 3 heteroatoms. The molecule has 1 saturated heterocycles. The predicted molar refractivity (Wildman–Crippen MR) is 47.1 cm³/mol. The van der Waals surface area contributed by atoms with Crippen molar-refractivity contribution in [1.29, 1.82) is 0 Å². The summed E-state index contributed by atoms with van der Waals surface area (Å²) in [5, 5.41) is 0. The van der Waals surface area contributed by atoms with Crippen LogP contribution in [0.5, 0.6) is 0 Å². The van der Waals surface area contributed by atoms with E-state index in [0.717, 1.165) is 30.5 Å². The molecule has 1 atom stereocenters. The third kappa shape index (κ3) is 2.40. The molecule has 2 nitrogen and oxygen atoms in total. The van der Waals surface area contributed by atoms with Crippen LogP contribution in [0, 0.1) is 0 Å². The molecule has 0 aromatic carbocycles. The standard InChI is InChI=1S/C7H13BrN2/c1-6(8)4-10-3-2-7(9)5-10/h7H,1-5,9H2/t7-/m1/s1. The van der Waals surface area contributed by atoms with E-state index >= 15 is 0 Å². The lowest BCUT2D eigenvalue weighted by molar-refractivity contribution is 0.370. The zero-order chi connectivity index (χ0) is 7.56. The maximum absolute atomic E-state index is 5.71. The van der Waals surface area contributed by atoms with Crippen LogP contribution < -0.4 is 5.73 Å². The van der Waals surface area contributed by atoms with Gasteiger partial charge in [-0.3, -0.25) is 4.90 Å². The van der Waals surface area contributed by atoms with Gasteiger partial charge in [0.05, 0.1) is 0 Å². The van der Waals surface area contributed by atoms with Gasteiger partial charge in [0.25, 0.3) is 0 Å². The molecule has 0 spiro atoms. The summed E-state index contributed by atoms with van der Waals surface area (Å²) < 4.78 is 1.04. The molecule has 0 bridgehead atoms. The molecule has 0 aliphatic carbocycles. The van der Waals surface area contributed by atoms with Gasteiger partial charge < -0.3 is 5.73 Å². The van der Waals surface area contributed by atoms with Gasteiger partial charge in [-0.15, -0.1) is 0 Å². The van der Waals surface area contributed by atoms with E-state index in [1.165, 1.54) is 0 Å². The molecule has 0 amide bonds. The van der Waals surface area contributed by atoms with Gasteiger partial charge >= 0.3 is 0 Å². The predicted octanol–water partition coefficient (Wildman–Crippen LogP) is 0.928. The Morgan fingerprint density at radius 1 is 1.80 bits per heavy atom. The van der Waals surface area contributed by atoms with E-state index in [2.05, 4.69) is 27.4 Å². The molecule has 0 saturated carbocycles. The molecule has 58 valence electrons. The van der Waals surface area contributed by atoms with Crippen LogP contribution in [0.2, 0.25) is 0 Å². The molecule has 1 fully saturated rings. The monoisotopic (exact) mass is 204 g/mol. The fourth-order valence-corrected chi connectivity index (χ4v) is 1.60. The van der Waals surface area contributed by atoms with E-state index in [1.54, 1.807) is 0 Å². The molecule has 1 heterocycles. The SMILES string of the molecule is C=C(Br)CN1CC[C@@H](N)C1. The van der Waals surface area contributed by atoms with Crippen molar-refractivity contribution in [1.82, 2.24) is 4.90 Å². The van der Waals surface area contributed by atoms with E-state index in [4.69, 9.17) is 5.73 Å². The first kappa shape index (κ1) is 8.24. The van der Waals surface area contributed by atoms with E-state index < -0.39 is 0 Å². The third-order valence-corrected chi connectivity index (χ3v) is 1.95. The van der Waals surface area contributed by atoms with Crippen molar-refractivity contribution in [3.8, 4) is 0 Å². The minimum Gasteiger partial charge on any atom is -0.326 e. The number of hydrogen-bond donors (Lipinski definition) is 1. The highest BCUT2D eigenvalue weighted by atomic mass is 79.9. The first-order valence-electron chi connectivity index (χ1n) is 3.49. The summed E-state index contributed by atoms with van der Waals surface area (Å²) in [5.74, 6) is 0. The molecule has 0 radical (unpaired) electrons. The van der Waals surface area contributed by atoms with E-state index in [1.807, 2.05) is 0 Å². The first-order chi connectivity index (χ1) is 4.68. The van der Waals surface area contributed by atoms with Crippen molar-refractivity contribution in [2.45, 2.75) is 12.5 Å². The Hall–Kier alpha value is 0.140. The summed E-state index contributed by atoms with van der Waals surface area (Å²) in [6.45, 7) is 6.85. The van der Waals surface area contributed by atoms with Gasteiger partial charge in [-0.2, -0.15) is 0 Å². The van der Waals surface area contributed by atoms with Crippen LogP contribution >= 0.6 is 15.9 Å². The Balaban J connectivity index is 2.24. The van der Waals surface area contributed by atoms with Crippen LogP contribution in [0.4, 0.5) is 0 Å². The van der Waals surface area contributed by atoms with Gasteiger partial charge in [0.2, 0.25) is 0 Å². The lowest BCUT2D eigenvalue weighted by Crippen LogP contribution is -2.27. The Morgan fingerprint density at radius 3 is 2.90 bits per heavy atom. The molecular weight excluding hydrogens is 192 g/mol. The topological polar surface area (TPSA) is 29.3 Å².